The average Bonchev–Trinajstić information content (AvgIpc) is 2.10. The number of nitrogens with two attached hydrogens (primary N) is 1. The summed E-state index contributed by atoms with van der Waals surface area (Å²) in [4.78, 5) is 10.1. The summed E-state index contributed by atoms with van der Waals surface area (Å²) in [6.07, 6.45) is -0.217. The molecule has 0 bridgehead atoms. The van der Waals surface area contributed by atoms with E-state index in [9.17, 15) is 9.90 Å². The van der Waals surface area contributed by atoms with Crippen molar-refractivity contribution in [1.29, 1.82) is 0 Å². The van der Waals surface area contributed by atoms with Crippen LogP contribution < -0.4 is 5.73 Å². The van der Waals surface area contributed by atoms with Gasteiger partial charge in [0.2, 0.25) is 0 Å². The molecule has 0 saturated heterocycles. The fourth-order valence-electron chi connectivity index (χ4n) is 0.843. The van der Waals surface area contributed by atoms with Crippen molar-refractivity contribution in [3.05, 3.63) is 23.8 Å². The molecule has 0 aliphatic rings. The molecule has 0 atom stereocenters. The fourth-order valence-corrected chi connectivity index (χ4v) is 0.843. The number of anilines is 1. The molecule has 72 valence electrons. The van der Waals surface area contributed by atoms with Gasteiger partial charge in [-0.15, -0.1) is 0 Å². The number of carboxylic acids is 1. The molecule has 0 fully saturated rings. The van der Waals surface area contributed by atoms with Gasteiger partial charge in [0.1, 0.15) is 12.2 Å². The molecule has 0 spiro atoms. The second kappa shape index (κ2) is 4.19. The van der Waals surface area contributed by atoms with Crippen LogP contribution in [-0.2, 0) is 4.79 Å². The van der Waals surface area contributed by atoms with Crippen molar-refractivity contribution in [2.24, 2.45) is 0 Å². The summed E-state index contributed by atoms with van der Waals surface area (Å²) in [5, 5.41) is 17.5. The third-order valence-electron chi connectivity index (χ3n) is 1.50. The number of benzene rings is 1. The van der Waals surface area contributed by atoms with Gasteiger partial charge in [0.15, 0.2) is 0 Å². The van der Waals surface area contributed by atoms with E-state index in [0.29, 0.717) is 5.56 Å². The lowest BCUT2D eigenvalue weighted by Gasteiger charge is -1.97. The molecule has 0 aliphatic carbocycles. The molecule has 0 amide bonds. The molecule has 4 nitrogen and oxygen atoms in total. The van der Waals surface area contributed by atoms with E-state index in [-0.39, 0.29) is 17.9 Å². The van der Waals surface area contributed by atoms with Crippen LogP contribution >= 0.6 is 0 Å². The molecule has 0 heterocycles. The largest absolute Gasteiger partial charge is 0.506 e. The Balaban J connectivity index is 2.81. The quantitative estimate of drug-likeness (QED) is 0.348. The van der Waals surface area contributed by atoms with Gasteiger partial charge in [-0.25, -0.2) is 0 Å². The van der Waals surface area contributed by atoms with Gasteiger partial charge in [0, 0.05) is 5.56 Å². The van der Waals surface area contributed by atoms with Crippen molar-refractivity contribution in [3.8, 4) is 17.6 Å². The van der Waals surface area contributed by atoms with Gasteiger partial charge in [-0.1, -0.05) is 11.8 Å². The summed E-state index contributed by atoms with van der Waals surface area (Å²) in [5.41, 5.74) is 6.19. The SMILES string of the molecule is Nc1ccc(C#CCC(=O)O)cc1O. The highest BCUT2D eigenvalue weighted by Gasteiger charge is 1.96. The van der Waals surface area contributed by atoms with Crippen LogP contribution in [0.1, 0.15) is 12.0 Å². The van der Waals surface area contributed by atoms with Gasteiger partial charge in [-0.3, -0.25) is 4.79 Å². The van der Waals surface area contributed by atoms with E-state index in [0.717, 1.165) is 0 Å². The van der Waals surface area contributed by atoms with Gasteiger partial charge >= 0.3 is 5.97 Å². The van der Waals surface area contributed by atoms with E-state index in [4.69, 9.17) is 10.8 Å². The molecule has 4 heteroatoms. The van der Waals surface area contributed by atoms with Crippen LogP contribution in [-0.4, -0.2) is 16.2 Å². The Hall–Kier alpha value is -2.15. The highest BCUT2D eigenvalue weighted by atomic mass is 16.4. The minimum atomic E-state index is -0.975. The van der Waals surface area contributed by atoms with Crippen molar-refractivity contribution in [2.75, 3.05) is 5.73 Å². The highest BCUT2D eigenvalue weighted by Crippen LogP contribution is 2.19. The second-order valence-corrected chi connectivity index (χ2v) is 2.65. The zero-order valence-electron chi connectivity index (χ0n) is 7.32. The van der Waals surface area contributed by atoms with Crippen LogP contribution in [0.5, 0.6) is 5.75 Å². The Morgan fingerprint density at radius 3 is 2.79 bits per heavy atom. The number of aliphatic carboxylic acids is 1. The topological polar surface area (TPSA) is 83.6 Å². The van der Waals surface area contributed by atoms with Crippen LogP contribution in [0.4, 0.5) is 5.69 Å². The fraction of sp³-hybridized carbons (Fsp3) is 0.100. The smallest absolute Gasteiger partial charge is 0.315 e. The Labute approximate surface area is 81.0 Å². The van der Waals surface area contributed by atoms with Gasteiger partial charge < -0.3 is 15.9 Å². The van der Waals surface area contributed by atoms with Gasteiger partial charge in [0.25, 0.3) is 0 Å². The Morgan fingerprint density at radius 1 is 1.50 bits per heavy atom. The van der Waals surface area contributed by atoms with Crippen molar-refractivity contribution in [2.45, 2.75) is 6.42 Å². The minimum Gasteiger partial charge on any atom is -0.506 e. The van der Waals surface area contributed by atoms with Crippen molar-refractivity contribution >= 4 is 11.7 Å². The van der Waals surface area contributed by atoms with E-state index in [2.05, 4.69) is 11.8 Å². The molecule has 14 heavy (non-hydrogen) atoms. The monoisotopic (exact) mass is 191 g/mol. The molecule has 0 saturated carbocycles. The van der Waals surface area contributed by atoms with Crippen molar-refractivity contribution < 1.29 is 15.0 Å². The van der Waals surface area contributed by atoms with Crippen LogP contribution in [0.2, 0.25) is 0 Å². The van der Waals surface area contributed by atoms with Crippen molar-refractivity contribution in [1.82, 2.24) is 0 Å². The molecule has 1 rings (SSSR count). The number of hydrogen-bond donors (Lipinski definition) is 3. The molecule has 4 N–H and O–H groups in total. The Bertz CT molecular complexity index is 415. The average molecular weight is 191 g/mol. The third kappa shape index (κ3) is 2.72. The van der Waals surface area contributed by atoms with E-state index in [1.54, 1.807) is 6.07 Å². The third-order valence-corrected chi connectivity index (χ3v) is 1.50. The number of nitrogen functional groups attached to an aromatic ring is 1. The van der Waals surface area contributed by atoms with E-state index < -0.39 is 5.97 Å². The van der Waals surface area contributed by atoms with Gasteiger partial charge in [-0.2, -0.15) is 0 Å². The van der Waals surface area contributed by atoms with Crippen molar-refractivity contribution in [3.63, 3.8) is 0 Å². The number of rotatable bonds is 1. The maximum Gasteiger partial charge on any atom is 0.315 e. The molecular formula is C10H9NO3. The number of hydrogen-bond acceptors (Lipinski definition) is 3. The summed E-state index contributed by atoms with van der Waals surface area (Å²) in [6, 6.07) is 4.52. The highest BCUT2D eigenvalue weighted by molar-refractivity contribution is 5.70. The molecule has 0 radical (unpaired) electrons. The Morgan fingerprint density at radius 2 is 2.21 bits per heavy atom. The van der Waals surface area contributed by atoms with Crippen LogP contribution in [0, 0.1) is 11.8 Å². The molecular weight excluding hydrogens is 182 g/mol. The number of carboxylic acid groups (broad SMARTS) is 1. The lowest BCUT2D eigenvalue weighted by Crippen LogP contribution is -1.90. The molecule has 0 aliphatic heterocycles. The predicted octanol–water partition coefficient (Wildman–Crippen LogP) is 0.801. The Kier molecular flexibility index (Phi) is 2.97. The predicted molar refractivity (Wildman–Crippen MR) is 51.7 cm³/mol. The van der Waals surface area contributed by atoms with E-state index >= 15 is 0 Å². The van der Waals surface area contributed by atoms with Gasteiger partial charge in [-0.05, 0) is 18.2 Å². The van der Waals surface area contributed by atoms with E-state index in [1.165, 1.54) is 12.1 Å². The number of aromatic hydroxyl groups is 1. The zero-order chi connectivity index (χ0) is 10.6. The lowest BCUT2D eigenvalue weighted by molar-refractivity contribution is -0.135. The van der Waals surface area contributed by atoms with Crippen LogP contribution in [0.15, 0.2) is 18.2 Å². The van der Waals surface area contributed by atoms with Gasteiger partial charge in [0.05, 0.1) is 5.69 Å². The summed E-state index contributed by atoms with van der Waals surface area (Å²) in [6.45, 7) is 0. The minimum absolute atomic E-state index is 0.0490. The first-order valence-corrected chi connectivity index (χ1v) is 3.89. The maximum atomic E-state index is 10.1. The number of carbonyl (C=O) groups is 1. The summed E-state index contributed by atoms with van der Waals surface area (Å²) in [7, 11) is 0. The summed E-state index contributed by atoms with van der Waals surface area (Å²) < 4.78 is 0. The van der Waals surface area contributed by atoms with Crippen LogP contribution in [0.3, 0.4) is 0 Å². The summed E-state index contributed by atoms with van der Waals surface area (Å²) in [5.74, 6) is 4.02. The number of phenols is 1. The maximum absolute atomic E-state index is 10.1. The van der Waals surface area contributed by atoms with Crippen LogP contribution in [0.25, 0.3) is 0 Å². The first-order valence-electron chi connectivity index (χ1n) is 3.89. The van der Waals surface area contributed by atoms with E-state index in [1.807, 2.05) is 0 Å². The lowest BCUT2D eigenvalue weighted by atomic mass is 10.2. The first-order chi connectivity index (χ1) is 6.59. The molecule has 0 unspecified atom stereocenters. The number of phenolic OH excluding ortho intramolecular Hbond substituents is 1. The second-order valence-electron chi connectivity index (χ2n) is 2.65. The molecule has 1 aromatic carbocycles. The normalized spacial score (nSPS) is 8.86. The molecule has 0 aromatic heterocycles. The standard InChI is InChI=1S/C10H9NO3/c11-8-5-4-7(6-9(8)12)2-1-3-10(13)14/h4-6,12H,3,11H2,(H,13,14). The first kappa shape index (κ1) is 9.93. The zero-order valence-corrected chi connectivity index (χ0v) is 7.32. The molecule has 1 aromatic rings. The summed E-state index contributed by atoms with van der Waals surface area (Å²) >= 11 is 0.